The van der Waals surface area contributed by atoms with E-state index in [9.17, 15) is 0 Å². The van der Waals surface area contributed by atoms with Crippen LogP contribution in [0, 0.1) is 0 Å². The van der Waals surface area contributed by atoms with Crippen LogP contribution >= 0.6 is 0 Å². The van der Waals surface area contributed by atoms with Crippen molar-refractivity contribution in [2.45, 2.75) is 90.3 Å². The molecular formula is C23H39N5O. The number of benzene rings is 1. The minimum Gasteiger partial charge on any atom is -0.497 e. The lowest BCUT2D eigenvalue weighted by molar-refractivity contribution is 0.414. The number of rotatable bonds is 14. The van der Waals surface area contributed by atoms with Gasteiger partial charge < -0.3 is 15.8 Å². The van der Waals surface area contributed by atoms with E-state index in [2.05, 4.69) is 27.5 Å². The molecule has 0 aromatic heterocycles. The first kappa shape index (κ1) is 23.0. The molecule has 1 atom stereocenters. The maximum atomic E-state index is 5.94. The van der Waals surface area contributed by atoms with Gasteiger partial charge in [-0.25, -0.2) is 9.98 Å². The van der Waals surface area contributed by atoms with Crippen molar-refractivity contribution in [2.75, 3.05) is 7.11 Å². The number of nitrogens with one attached hydrogen (secondary N) is 2. The first-order valence-corrected chi connectivity index (χ1v) is 11.3. The molecule has 0 saturated carbocycles. The van der Waals surface area contributed by atoms with E-state index in [1.807, 2.05) is 24.3 Å². The molecule has 4 N–H and O–H groups in total. The van der Waals surface area contributed by atoms with Crippen LogP contribution in [0.25, 0.3) is 0 Å². The summed E-state index contributed by atoms with van der Waals surface area (Å²) < 4.78 is 5.19. The van der Waals surface area contributed by atoms with Gasteiger partial charge in [0, 0.05) is 0 Å². The summed E-state index contributed by atoms with van der Waals surface area (Å²) in [5.41, 5.74) is 7.06. The van der Waals surface area contributed by atoms with E-state index in [4.69, 9.17) is 10.5 Å². The Kier molecular flexibility index (Phi) is 11.0. The van der Waals surface area contributed by atoms with E-state index in [1.54, 1.807) is 7.11 Å². The van der Waals surface area contributed by atoms with Crippen molar-refractivity contribution in [1.82, 2.24) is 10.6 Å². The molecule has 0 bridgehead atoms. The Morgan fingerprint density at radius 2 is 1.59 bits per heavy atom. The molecule has 1 aliphatic heterocycles. The minimum atomic E-state index is 0.0138. The van der Waals surface area contributed by atoms with Gasteiger partial charge >= 0.3 is 0 Å². The minimum absolute atomic E-state index is 0.0138. The van der Waals surface area contributed by atoms with Crippen molar-refractivity contribution in [3.63, 3.8) is 0 Å². The highest BCUT2D eigenvalue weighted by Crippen LogP contribution is 2.14. The Morgan fingerprint density at radius 3 is 2.21 bits per heavy atom. The zero-order chi connectivity index (χ0) is 20.7. The molecule has 1 aliphatic rings. The topological polar surface area (TPSA) is 84.0 Å². The number of aliphatic imine (C=N–C) groups is 2. The van der Waals surface area contributed by atoms with Gasteiger partial charge in [-0.05, 0) is 30.5 Å². The van der Waals surface area contributed by atoms with Crippen LogP contribution in [0.2, 0.25) is 0 Å². The van der Waals surface area contributed by atoms with Gasteiger partial charge in [-0.1, -0.05) is 76.8 Å². The molecule has 0 fully saturated rings. The van der Waals surface area contributed by atoms with Gasteiger partial charge in [0.1, 0.15) is 11.9 Å². The third kappa shape index (κ3) is 9.68. The number of nitrogens with zero attached hydrogens (tertiary/aromatic N) is 2. The predicted molar refractivity (Wildman–Crippen MR) is 122 cm³/mol. The second-order valence-electron chi connectivity index (χ2n) is 7.78. The van der Waals surface area contributed by atoms with Crippen molar-refractivity contribution in [2.24, 2.45) is 15.7 Å². The van der Waals surface area contributed by atoms with Crippen molar-refractivity contribution in [1.29, 1.82) is 0 Å². The third-order valence-electron chi connectivity index (χ3n) is 5.25. The van der Waals surface area contributed by atoms with Crippen molar-refractivity contribution in [3.05, 3.63) is 29.8 Å². The van der Waals surface area contributed by atoms with Crippen LogP contribution in [-0.4, -0.2) is 25.2 Å². The van der Waals surface area contributed by atoms with Gasteiger partial charge in [-0.15, -0.1) is 0 Å². The van der Waals surface area contributed by atoms with Crippen molar-refractivity contribution < 1.29 is 4.74 Å². The highest BCUT2D eigenvalue weighted by atomic mass is 16.5. The predicted octanol–water partition coefficient (Wildman–Crippen LogP) is 4.70. The lowest BCUT2D eigenvalue weighted by Crippen LogP contribution is -2.53. The summed E-state index contributed by atoms with van der Waals surface area (Å²) in [4.78, 5) is 9.06. The molecule has 1 aromatic carbocycles. The maximum absolute atomic E-state index is 5.94. The van der Waals surface area contributed by atoms with Gasteiger partial charge in [0.05, 0.1) is 13.7 Å². The molecule has 0 aliphatic carbocycles. The fourth-order valence-electron chi connectivity index (χ4n) is 3.50. The second kappa shape index (κ2) is 13.9. The number of nitrogens with two attached hydrogens (primary N) is 1. The van der Waals surface area contributed by atoms with Gasteiger partial charge in [0.15, 0.2) is 11.9 Å². The lowest BCUT2D eigenvalue weighted by atomic mass is 10.1. The molecule has 0 spiro atoms. The normalized spacial score (nSPS) is 17.5. The molecule has 2 rings (SSSR count). The third-order valence-corrected chi connectivity index (χ3v) is 5.25. The van der Waals surface area contributed by atoms with E-state index >= 15 is 0 Å². The number of hydrogen-bond donors (Lipinski definition) is 3. The van der Waals surface area contributed by atoms with Crippen molar-refractivity contribution in [3.8, 4) is 5.75 Å². The van der Waals surface area contributed by atoms with E-state index in [0.29, 0.717) is 18.5 Å². The Morgan fingerprint density at radius 1 is 0.966 bits per heavy atom. The summed E-state index contributed by atoms with van der Waals surface area (Å²) in [5.74, 6) is 1.99. The van der Waals surface area contributed by atoms with Crippen LogP contribution in [0.4, 0.5) is 0 Å². The maximum Gasteiger partial charge on any atom is 0.200 e. The molecule has 0 saturated heterocycles. The lowest BCUT2D eigenvalue weighted by Gasteiger charge is -2.24. The standard InChI is InChI=1S/C23H39N5O/c1-3-4-5-6-7-8-9-10-11-12-13-21-26-22(24)28-23(27-21)25-18-19-14-16-20(29-2)17-15-19/h14-17,21H,3-13,18H2,1-2H3,(H4,24,25,26,27,28). The quantitative estimate of drug-likeness (QED) is 0.395. The van der Waals surface area contributed by atoms with Crippen LogP contribution in [0.5, 0.6) is 5.75 Å². The van der Waals surface area contributed by atoms with Gasteiger partial charge in [-0.2, -0.15) is 0 Å². The Bertz CT molecular complexity index is 627. The smallest absolute Gasteiger partial charge is 0.200 e. The highest BCUT2D eigenvalue weighted by Gasteiger charge is 2.16. The molecule has 1 unspecified atom stereocenters. The fraction of sp³-hybridized carbons (Fsp3) is 0.652. The fourth-order valence-corrected chi connectivity index (χ4v) is 3.50. The molecular weight excluding hydrogens is 362 g/mol. The van der Waals surface area contributed by atoms with Crippen LogP contribution in [0.15, 0.2) is 34.3 Å². The van der Waals surface area contributed by atoms with E-state index < -0.39 is 0 Å². The summed E-state index contributed by atoms with van der Waals surface area (Å²) in [7, 11) is 1.67. The SMILES string of the molecule is CCCCCCCCCCCCC1N=C(N)NC(=NCc2ccc(OC)cc2)N1. The molecule has 29 heavy (non-hydrogen) atoms. The number of hydrogen-bond acceptors (Lipinski definition) is 4. The van der Waals surface area contributed by atoms with E-state index in [1.165, 1.54) is 57.8 Å². The Hall–Kier alpha value is -2.24. The summed E-state index contributed by atoms with van der Waals surface area (Å²) in [6, 6.07) is 7.93. The van der Waals surface area contributed by atoms with Gasteiger partial charge in [0.25, 0.3) is 0 Å². The van der Waals surface area contributed by atoms with Crippen LogP contribution < -0.4 is 21.1 Å². The monoisotopic (exact) mass is 401 g/mol. The number of methoxy groups -OCH3 is 1. The number of ether oxygens (including phenoxy) is 1. The first-order valence-electron chi connectivity index (χ1n) is 11.3. The molecule has 1 aromatic rings. The molecule has 6 nitrogen and oxygen atoms in total. The number of unbranched alkanes of at least 4 members (excludes halogenated alkanes) is 9. The molecule has 0 radical (unpaired) electrons. The highest BCUT2D eigenvalue weighted by molar-refractivity contribution is 5.99. The summed E-state index contributed by atoms with van der Waals surface area (Å²) >= 11 is 0. The van der Waals surface area contributed by atoms with Gasteiger partial charge in [-0.3, -0.25) is 5.32 Å². The Labute approximate surface area is 176 Å². The summed E-state index contributed by atoms with van der Waals surface area (Å²) in [6.07, 6.45) is 14.4. The summed E-state index contributed by atoms with van der Waals surface area (Å²) in [6.45, 7) is 2.85. The average molecular weight is 402 g/mol. The number of guanidine groups is 2. The van der Waals surface area contributed by atoms with Crippen LogP contribution in [0.3, 0.4) is 0 Å². The molecule has 6 heteroatoms. The molecule has 0 amide bonds. The van der Waals surface area contributed by atoms with Crippen LogP contribution in [-0.2, 0) is 6.54 Å². The zero-order valence-electron chi connectivity index (χ0n) is 18.3. The summed E-state index contributed by atoms with van der Waals surface area (Å²) in [5, 5.41) is 6.37. The average Bonchev–Trinajstić information content (AvgIpc) is 2.73. The van der Waals surface area contributed by atoms with Crippen molar-refractivity contribution >= 4 is 11.9 Å². The van der Waals surface area contributed by atoms with E-state index in [-0.39, 0.29) is 6.17 Å². The first-order chi connectivity index (χ1) is 14.2. The largest absolute Gasteiger partial charge is 0.497 e. The van der Waals surface area contributed by atoms with E-state index in [0.717, 1.165) is 24.2 Å². The molecule has 162 valence electrons. The Balaban J connectivity index is 1.62. The second-order valence-corrected chi connectivity index (χ2v) is 7.78. The zero-order valence-corrected chi connectivity index (χ0v) is 18.3. The van der Waals surface area contributed by atoms with Crippen LogP contribution in [0.1, 0.15) is 83.1 Å². The van der Waals surface area contributed by atoms with Gasteiger partial charge in [0.2, 0.25) is 0 Å². The molecule has 1 heterocycles.